The zero-order chi connectivity index (χ0) is 13.2. The largest absolute Gasteiger partial charge is 0.341 e. The third kappa shape index (κ3) is 2.66. The quantitative estimate of drug-likeness (QED) is 0.912. The van der Waals surface area contributed by atoms with E-state index in [1.807, 2.05) is 0 Å². The average molecular weight is 257 g/mol. The smallest absolute Gasteiger partial charge is 0.121 e. The van der Waals surface area contributed by atoms with Gasteiger partial charge in [0.2, 0.25) is 0 Å². The van der Waals surface area contributed by atoms with Crippen molar-refractivity contribution in [2.24, 2.45) is 0 Å². The molecule has 1 fully saturated rings. The number of aryl methyl sites for hydroxylation is 1. The second-order valence-corrected chi connectivity index (χ2v) is 5.70. The van der Waals surface area contributed by atoms with Crippen LogP contribution in [0.2, 0.25) is 0 Å². The number of aromatic nitrogens is 2. The number of nitrogens with zero attached hydrogens (tertiary/aromatic N) is 2. The Bertz CT molecular complexity index is 558. The Kier molecular flexibility index (Phi) is 3.56. The van der Waals surface area contributed by atoms with Gasteiger partial charge < -0.3 is 4.98 Å². The fourth-order valence-electron chi connectivity index (χ4n) is 2.99. The van der Waals surface area contributed by atoms with Crippen LogP contribution in [0.4, 0.5) is 0 Å². The van der Waals surface area contributed by atoms with Crippen molar-refractivity contribution in [1.29, 1.82) is 0 Å². The number of fused-ring (bicyclic) bond motifs is 1. The monoisotopic (exact) mass is 257 g/mol. The van der Waals surface area contributed by atoms with Crippen molar-refractivity contribution < 1.29 is 0 Å². The third-order valence-electron chi connectivity index (χ3n) is 4.30. The lowest BCUT2D eigenvalue weighted by molar-refractivity contribution is 0.149. The first-order valence-electron chi connectivity index (χ1n) is 7.48. The van der Waals surface area contributed by atoms with E-state index >= 15 is 0 Å². The minimum atomic E-state index is 0.688. The van der Waals surface area contributed by atoms with E-state index in [1.54, 1.807) is 0 Å². The summed E-state index contributed by atoms with van der Waals surface area (Å²) >= 11 is 0. The first-order chi connectivity index (χ1) is 9.26. The Morgan fingerprint density at radius 2 is 2.26 bits per heavy atom. The van der Waals surface area contributed by atoms with Gasteiger partial charge in [-0.1, -0.05) is 19.4 Å². The summed E-state index contributed by atoms with van der Waals surface area (Å²) in [6, 6.07) is 7.23. The van der Waals surface area contributed by atoms with Gasteiger partial charge in [-0.25, -0.2) is 4.98 Å². The zero-order valence-electron chi connectivity index (χ0n) is 11.9. The molecule has 1 aromatic heterocycles. The van der Waals surface area contributed by atoms with Crippen molar-refractivity contribution in [3.63, 3.8) is 0 Å². The standard InChI is InChI=1S/C16H23N3/c1-3-13-7-8-14-15(10-13)18-16(17-14)11-19-9-5-4-6-12(19)2/h7-8,10,12H,3-6,9,11H2,1-2H3,(H,17,18). The van der Waals surface area contributed by atoms with Crippen molar-refractivity contribution in [3.05, 3.63) is 29.6 Å². The Balaban J connectivity index is 1.81. The molecule has 0 bridgehead atoms. The number of likely N-dealkylation sites (tertiary alicyclic amines) is 1. The maximum absolute atomic E-state index is 4.72. The first kappa shape index (κ1) is 12.7. The van der Waals surface area contributed by atoms with E-state index < -0.39 is 0 Å². The number of piperidine rings is 1. The minimum absolute atomic E-state index is 0.688. The summed E-state index contributed by atoms with van der Waals surface area (Å²) < 4.78 is 0. The Labute approximate surface area is 115 Å². The summed E-state index contributed by atoms with van der Waals surface area (Å²) in [6.07, 6.45) is 5.09. The molecule has 1 saturated heterocycles. The number of benzene rings is 1. The Hall–Kier alpha value is -1.35. The Morgan fingerprint density at radius 3 is 3.05 bits per heavy atom. The fraction of sp³-hybridized carbons (Fsp3) is 0.562. The van der Waals surface area contributed by atoms with Crippen LogP contribution in [0.5, 0.6) is 0 Å². The highest BCUT2D eigenvalue weighted by atomic mass is 15.2. The number of hydrogen-bond donors (Lipinski definition) is 1. The maximum atomic E-state index is 4.72. The van der Waals surface area contributed by atoms with Gasteiger partial charge in [0.15, 0.2) is 0 Å². The van der Waals surface area contributed by atoms with Gasteiger partial charge in [-0.15, -0.1) is 0 Å². The van der Waals surface area contributed by atoms with Gasteiger partial charge in [-0.2, -0.15) is 0 Å². The number of rotatable bonds is 3. The summed E-state index contributed by atoms with van der Waals surface area (Å²) in [6.45, 7) is 6.68. The van der Waals surface area contributed by atoms with Crippen molar-refractivity contribution in [3.8, 4) is 0 Å². The van der Waals surface area contributed by atoms with Crippen LogP contribution in [-0.4, -0.2) is 27.5 Å². The van der Waals surface area contributed by atoms with Gasteiger partial charge in [0.1, 0.15) is 5.82 Å². The molecule has 3 heteroatoms. The molecule has 1 atom stereocenters. The van der Waals surface area contributed by atoms with Crippen LogP contribution in [0.1, 0.15) is 44.5 Å². The van der Waals surface area contributed by atoms with Crippen LogP contribution in [0, 0.1) is 0 Å². The first-order valence-corrected chi connectivity index (χ1v) is 7.48. The molecule has 1 unspecified atom stereocenters. The predicted octanol–water partition coefficient (Wildman–Crippen LogP) is 3.50. The van der Waals surface area contributed by atoms with E-state index in [0.717, 1.165) is 24.3 Å². The molecule has 1 aliphatic rings. The van der Waals surface area contributed by atoms with Gasteiger partial charge in [-0.3, -0.25) is 4.90 Å². The lowest BCUT2D eigenvalue weighted by Gasteiger charge is -2.32. The zero-order valence-corrected chi connectivity index (χ0v) is 11.9. The molecular formula is C16H23N3. The summed E-state index contributed by atoms with van der Waals surface area (Å²) in [4.78, 5) is 10.7. The molecule has 1 aromatic carbocycles. The van der Waals surface area contributed by atoms with E-state index in [0.29, 0.717) is 6.04 Å². The summed E-state index contributed by atoms with van der Waals surface area (Å²) in [5.74, 6) is 1.11. The van der Waals surface area contributed by atoms with Gasteiger partial charge in [0.05, 0.1) is 17.6 Å². The number of nitrogens with one attached hydrogen (secondary N) is 1. The molecule has 0 saturated carbocycles. The predicted molar refractivity (Wildman–Crippen MR) is 79.2 cm³/mol. The summed E-state index contributed by atoms with van der Waals surface area (Å²) in [7, 11) is 0. The molecule has 2 aromatic rings. The maximum Gasteiger partial charge on any atom is 0.121 e. The van der Waals surface area contributed by atoms with Gasteiger partial charge in [0.25, 0.3) is 0 Å². The molecule has 2 heterocycles. The van der Waals surface area contributed by atoms with Crippen LogP contribution in [0.15, 0.2) is 18.2 Å². The van der Waals surface area contributed by atoms with Crippen molar-refractivity contribution >= 4 is 11.0 Å². The lowest BCUT2D eigenvalue weighted by Crippen LogP contribution is -2.37. The van der Waals surface area contributed by atoms with Crippen molar-refractivity contribution in [2.45, 2.75) is 52.1 Å². The van der Waals surface area contributed by atoms with Crippen LogP contribution in [-0.2, 0) is 13.0 Å². The highest BCUT2D eigenvalue weighted by molar-refractivity contribution is 5.75. The van der Waals surface area contributed by atoms with Gasteiger partial charge in [0, 0.05) is 6.04 Å². The van der Waals surface area contributed by atoms with Crippen molar-refractivity contribution in [2.75, 3.05) is 6.54 Å². The van der Waals surface area contributed by atoms with Crippen LogP contribution in [0.3, 0.4) is 0 Å². The summed E-state index contributed by atoms with van der Waals surface area (Å²) in [5.41, 5.74) is 3.64. The molecule has 0 aliphatic carbocycles. The SMILES string of the molecule is CCc1ccc2nc(CN3CCCCC3C)[nH]c2c1. The minimum Gasteiger partial charge on any atom is -0.341 e. The number of aromatic amines is 1. The normalized spacial score (nSPS) is 21.1. The highest BCUT2D eigenvalue weighted by Gasteiger charge is 2.19. The number of imidazole rings is 1. The fourth-order valence-corrected chi connectivity index (χ4v) is 2.99. The molecule has 3 nitrogen and oxygen atoms in total. The lowest BCUT2D eigenvalue weighted by atomic mass is 10.0. The second kappa shape index (κ2) is 5.33. The summed E-state index contributed by atoms with van der Waals surface area (Å²) in [5, 5.41) is 0. The molecule has 1 aliphatic heterocycles. The van der Waals surface area contributed by atoms with Gasteiger partial charge >= 0.3 is 0 Å². The average Bonchev–Trinajstić information content (AvgIpc) is 2.82. The number of H-pyrrole nitrogens is 1. The molecule has 1 N–H and O–H groups in total. The topological polar surface area (TPSA) is 31.9 Å². The van der Waals surface area contributed by atoms with Crippen LogP contribution < -0.4 is 0 Å². The van der Waals surface area contributed by atoms with Crippen molar-refractivity contribution in [1.82, 2.24) is 14.9 Å². The van der Waals surface area contributed by atoms with E-state index in [2.05, 4.69) is 41.9 Å². The molecule has 0 radical (unpaired) electrons. The second-order valence-electron chi connectivity index (χ2n) is 5.70. The Morgan fingerprint density at radius 1 is 1.37 bits per heavy atom. The van der Waals surface area contributed by atoms with E-state index in [-0.39, 0.29) is 0 Å². The molecule has 0 amide bonds. The molecule has 3 rings (SSSR count). The highest BCUT2D eigenvalue weighted by Crippen LogP contribution is 2.20. The van der Waals surface area contributed by atoms with E-state index in [9.17, 15) is 0 Å². The van der Waals surface area contributed by atoms with Crippen LogP contribution in [0.25, 0.3) is 11.0 Å². The molecule has 102 valence electrons. The number of hydrogen-bond acceptors (Lipinski definition) is 2. The van der Waals surface area contributed by atoms with E-state index in [4.69, 9.17) is 4.98 Å². The van der Waals surface area contributed by atoms with Crippen LogP contribution >= 0.6 is 0 Å². The molecule has 0 spiro atoms. The molecule has 19 heavy (non-hydrogen) atoms. The molecular weight excluding hydrogens is 234 g/mol. The third-order valence-corrected chi connectivity index (χ3v) is 4.30. The van der Waals surface area contributed by atoms with E-state index in [1.165, 1.54) is 36.9 Å². The van der Waals surface area contributed by atoms with Gasteiger partial charge in [-0.05, 0) is 50.4 Å².